The fraction of sp³-hybridized carbons (Fsp3) is 0.633. The first-order chi connectivity index (χ1) is 19.5. The number of anilines is 1. The van der Waals surface area contributed by atoms with Crippen molar-refractivity contribution in [3.05, 3.63) is 29.1 Å². The predicted molar refractivity (Wildman–Crippen MR) is 158 cm³/mol. The van der Waals surface area contributed by atoms with E-state index in [0.717, 1.165) is 69.1 Å². The first kappa shape index (κ1) is 29.0. The number of amides is 1. The topological polar surface area (TPSA) is 107 Å². The molecular formula is C30H43N5O4S. The zero-order chi connectivity index (χ0) is 27.9. The van der Waals surface area contributed by atoms with Gasteiger partial charge < -0.3 is 25.4 Å². The van der Waals surface area contributed by atoms with Crippen molar-refractivity contribution >= 4 is 28.3 Å². The highest BCUT2D eigenvalue weighted by molar-refractivity contribution is 7.14. The lowest BCUT2D eigenvalue weighted by Gasteiger charge is -2.42. The number of aliphatic carboxylic acids is 1. The molecular weight excluding hydrogens is 526 g/mol. The molecule has 1 amide bonds. The van der Waals surface area contributed by atoms with Gasteiger partial charge in [0.1, 0.15) is 5.75 Å². The Bertz CT molecular complexity index is 1140. The van der Waals surface area contributed by atoms with E-state index in [0.29, 0.717) is 17.6 Å². The van der Waals surface area contributed by atoms with Crippen LogP contribution in [0.2, 0.25) is 0 Å². The van der Waals surface area contributed by atoms with Crippen molar-refractivity contribution in [3.8, 4) is 17.0 Å². The number of piperazine rings is 1. The normalized spacial score (nSPS) is 22.1. The number of carbonyl (C=O) groups is 2. The highest BCUT2D eigenvalue weighted by atomic mass is 32.1. The fourth-order valence-corrected chi connectivity index (χ4v) is 7.40. The van der Waals surface area contributed by atoms with E-state index < -0.39 is 5.97 Å². The minimum Gasteiger partial charge on any atom is -0.496 e. The zero-order valence-corrected chi connectivity index (χ0v) is 24.4. The highest BCUT2D eigenvalue weighted by Crippen LogP contribution is 2.38. The van der Waals surface area contributed by atoms with Crippen LogP contribution in [0.15, 0.2) is 23.6 Å². The fourth-order valence-electron chi connectivity index (χ4n) is 6.69. The first-order valence-electron chi connectivity index (χ1n) is 14.9. The Labute approximate surface area is 241 Å². The van der Waals surface area contributed by atoms with Crippen molar-refractivity contribution in [1.82, 2.24) is 20.1 Å². The maximum atomic E-state index is 13.8. The van der Waals surface area contributed by atoms with Gasteiger partial charge >= 0.3 is 5.97 Å². The molecule has 0 radical (unpaired) electrons. The average molecular weight is 570 g/mol. The molecule has 1 saturated carbocycles. The van der Waals surface area contributed by atoms with Crippen molar-refractivity contribution in [2.24, 2.45) is 5.92 Å². The van der Waals surface area contributed by atoms with Crippen molar-refractivity contribution in [2.75, 3.05) is 58.2 Å². The summed E-state index contributed by atoms with van der Waals surface area (Å²) < 4.78 is 5.79. The van der Waals surface area contributed by atoms with Crippen LogP contribution in [-0.2, 0) is 9.59 Å². The number of methoxy groups -OCH3 is 1. The maximum Gasteiger partial charge on any atom is 0.304 e. The number of carboxylic acids is 1. The van der Waals surface area contributed by atoms with Crippen LogP contribution in [0.4, 0.5) is 5.13 Å². The Morgan fingerprint density at radius 2 is 1.95 bits per heavy atom. The minimum atomic E-state index is -0.779. The zero-order valence-electron chi connectivity index (χ0n) is 23.6. The summed E-state index contributed by atoms with van der Waals surface area (Å²) in [6, 6.07) is 6.22. The molecule has 3 fully saturated rings. The molecule has 0 bridgehead atoms. The maximum absolute atomic E-state index is 13.8. The van der Waals surface area contributed by atoms with Crippen LogP contribution in [0.5, 0.6) is 5.75 Å². The number of aromatic nitrogens is 1. The van der Waals surface area contributed by atoms with Gasteiger partial charge in [-0.15, -0.1) is 11.3 Å². The number of carbonyl (C=O) groups excluding carboxylic acids is 1. The third kappa shape index (κ3) is 7.21. The van der Waals surface area contributed by atoms with E-state index in [1.54, 1.807) is 7.11 Å². The summed E-state index contributed by atoms with van der Waals surface area (Å²) in [5, 5.41) is 18.3. The Balaban J connectivity index is 1.30. The van der Waals surface area contributed by atoms with Gasteiger partial charge in [-0.3, -0.25) is 14.5 Å². The molecule has 2 aliphatic heterocycles. The number of thiazole rings is 1. The Hall–Kier alpha value is -2.53. The van der Waals surface area contributed by atoms with E-state index in [-0.39, 0.29) is 24.3 Å². The summed E-state index contributed by atoms with van der Waals surface area (Å²) in [6.07, 6.45) is 8.45. The molecule has 2 aromatic rings. The number of ether oxygens (including phenoxy) is 1. The standard InChI is InChI=1S/C30H43N5O4S/c1-39-26-18-22(21-6-3-2-4-7-21)9-10-24(26)25-20-40-30(32-25)33-29(38)28(35-16-12-31-13-17-35)23-8-5-14-34(19-23)15-11-27(36)37/h9-10,18,20-21,23,28,31H,2-8,11-17,19H2,1H3,(H,36,37)(H,32,33,38)/t23-,28?/m1/s1. The minimum absolute atomic E-state index is 0.0208. The smallest absolute Gasteiger partial charge is 0.304 e. The lowest BCUT2D eigenvalue weighted by atomic mass is 9.83. The third-order valence-corrected chi connectivity index (χ3v) is 9.51. The second kappa shape index (κ2) is 13.9. The van der Waals surface area contributed by atoms with Crippen molar-refractivity contribution in [3.63, 3.8) is 0 Å². The van der Waals surface area contributed by atoms with Crippen LogP contribution in [0, 0.1) is 5.92 Å². The summed E-state index contributed by atoms with van der Waals surface area (Å²) in [5.41, 5.74) is 3.09. The summed E-state index contributed by atoms with van der Waals surface area (Å²) in [6.45, 7) is 5.50. The molecule has 2 saturated heterocycles. The average Bonchev–Trinajstić information content (AvgIpc) is 3.45. The van der Waals surface area contributed by atoms with E-state index in [1.807, 2.05) is 5.38 Å². The summed E-state index contributed by atoms with van der Waals surface area (Å²) >= 11 is 1.44. The van der Waals surface area contributed by atoms with E-state index in [2.05, 4.69) is 38.6 Å². The number of nitrogens with one attached hydrogen (secondary N) is 2. The number of nitrogens with zero attached hydrogens (tertiary/aromatic N) is 3. The molecule has 3 N–H and O–H groups in total. The Morgan fingerprint density at radius 3 is 2.70 bits per heavy atom. The van der Waals surface area contributed by atoms with Crippen LogP contribution in [0.1, 0.15) is 62.8 Å². The highest BCUT2D eigenvalue weighted by Gasteiger charge is 2.37. The molecule has 3 heterocycles. The van der Waals surface area contributed by atoms with Gasteiger partial charge in [-0.25, -0.2) is 4.98 Å². The predicted octanol–water partition coefficient (Wildman–Crippen LogP) is 4.27. The van der Waals surface area contributed by atoms with Crippen LogP contribution in [0.3, 0.4) is 0 Å². The summed E-state index contributed by atoms with van der Waals surface area (Å²) in [7, 11) is 1.71. The molecule has 1 aliphatic carbocycles. The number of hydrogen-bond acceptors (Lipinski definition) is 8. The molecule has 1 aromatic heterocycles. The lowest BCUT2D eigenvalue weighted by molar-refractivity contribution is -0.137. The van der Waals surface area contributed by atoms with Crippen LogP contribution < -0.4 is 15.4 Å². The molecule has 218 valence electrons. The van der Waals surface area contributed by atoms with E-state index >= 15 is 0 Å². The largest absolute Gasteiger partial charge is 0.496 e. The number of hydrogen-bond donors (Lipinski definition) is 3. The van der Waals surface area contributed by atoms with Gasteiger partial charge in [0.05, 0.1) is 25.3 Å². The van der Waals surface area contributed by atoms with Gasteiger partial charge in [0, 0.05) is 50.2 Å². The molecule has 10 heteroatoms. The number of rotatable bonds is 10. The van der Waals surface area contributed by atoms with Crippen molar-refractivity contribution in [1.29, 1.82) is 0 Å². The number of likely N-dealkylation sites (tertiary alicyclic amines) is 1. The van der Waals surface area contributed by atoms with Gasteiger partial charge in [0.15, 0.2) is 5.13 Å². The van der Waals surface area contributed by atoms with Crippen LogP contribution in [-0.4, -0.2) is 90.7 Å². The molecule has 1 aromatic carbocycles. The van der Waals surface area contributed by atoms with Gasteiger partial charge in [0.2, 0.25) is 5.91 Å². The van der Waals surface area contributed by atoms with Crippen molar-refractivity contribution in [2.45, 2.75) is 63.3 Å². The molecule has 2 atom stereocenters. The lowest BCUT2D eigenvalue weighted by Crippen LogP contribution is -2.58. The third-order valence-electron chi connectivity index (χ3n) is 8.76. The number of piperidine rings is 1. The summed E-state index contributed by atoms with van der Waals surface area (Å²) in [4.78, 5) is 34.3. The van der Waals surface area contributed by atoms with Crippen LogP contribution in [0.25, 0.3) is 11.3 Å². The molecule has 5 rings (SSSR count). The van der Waals surface area contributed by atoms with Crippen LogP contribution >= 0.6 is 11.3 Å². The van der Waals surface area contributed by atoms with E-state index in [9.17, 15) is 9.59 Å². The van der Waals surface area contributed by atoms with Gasteiger partial charge in [-0.1, -0.05) is 25.3 Å². The van der Waals surface area contributed by atoms with Gasteiger partial charge in [-0.05, 0) is 61.8 Å². The SMILES string of the molecule is COc1cc(C2CCCCC2)ccc1-c1csc(NC(=O)C([C@@H]2CCCN(CCC(=O)O)C2)N2CCNCC2)n1. The molecule has 0 spiro atoms. The molecule has 1 unspecified atom stereocenters. The second-order valence-corrected chi connectivity index (χ2v) is 12.3. The Kier molecular flexibility index (Phi) is 10.1. The van der Waals surface area contributed by atoms with Gasteiger partial charge in [0.25, 0.3) is 0 Å². The molecule has 9 nitrogen and oxygen atoms in total. The van der Waals surface area contributed by atoms with E-state index in [1.165, 1.54) is 49.0 Å². The first-order valence-corrected chi connectivity index (χ1v) is 15.7. The molecule has 3 aliphatic rings. The monoisotopic (exact) mass is 569 g/mol. The quantitative estimate of drug-likeness (QED) is 0.390. The van der Waals surface area contributed by atoms with E-state index in [4.69, 9.17) is 14.8 Å². The van der Waals surface area contributed by atoms with Crippen molar-refractivity contribution < 1.29 is 19.4 Å². The number of benzene rings is 1. The summed E-state index contributed by atoms with van der Waals surface area (Å²) in [5.74, 6) is 0.774. The Morgan fingerprint density at radius 1 is 1.15 bits per heavy atom. The van der Waals surface area contributed by atoms with Gasteiger partial charge in [-0.2, -0.15) is 0 Å². The number of carboxylic acid groups (broad SMARTS) is 1. The molecule has 40 heavy (non-hydrogen) atoms. The second-order valence-electron chi connectivity index (χ2n) is 11.4.